The molecule has 19 heavy (non-hydrogen) atoms. The van der Waals surface area contributed by atoms with Crippen molar-refractivity contribution >= 4 is 15.9 Å². The lowest BCUT2D eigenvalue weighted by Crippen LogP contribution is -2.19. The molecule has 2 unspecified atom stereocenters. The topological polar surface area (TPSA) is 48.4 Å². The van der Waals surface area contributed by atoms with Crippen LogP contribution < -0.4 is 10.5 Å². The third-order valence-corrected chi connectivity index (χ3v) is 4.01. The molecule has 0 radical (unpaired) electrons. The van der Waals surface area contributed by atoms with Gasteiger partial charge in [-0.05, 0) is 58.5 Å². The molecule has 0 aliphatic carbocycles. The molecule has 0 spiro atoms. The molecule has 100 valence electrons. The summed E-state index contributed by atoms with van der Waals surface area (Å²) in [5.74, 6) is 2.26. The maximum absolute atomic E-state index is 6.24. The highest BCUT2D eigenvalue weighted by Gasteiger charge is 2.24. The number of ether oxygens (including phenoxy) is 1. The van der Waals surface area contributed by atoms with Gasteiger partial charge in [-0.1, -0.05) is 18.2 Å². The molecule has 1 aliphatic heterocycles. The van der Waals surface area contributed by atoms with Gasteiger partial charge in [-0.15, -0.1) is 0 Å². The zero-order chi connectivity index (χ0) is 13.2. The molecule has 3 nitrogen and oxygen atoms in total. The second-order valence-electron chi connectivity index (χ2n) is 4.86. The number of rotatable bonds is 3. The van der Waals surface area contributed by atoms with Crippen molar-refractivity contribution in [1.82, 2.24) is 0 Å². The Labute approximate surface area is 120 Å². The van der Waals surface area contributed by atoms with E-state index in [1.807, 2.05) is 24.3 Å². The summed E-state index contributed by atoms with van der Waals surface area (Å²) in [5, 5.41) is 0. The van der Waals surface area contributed by atoms with Crippen molar-refractivity contribution < 1.29 is 9.15 Å². The van der Waals surface area contributed by atoms with Crippen LogP contribution in [0.3, 0.4) is 0 Å². The minimum Gasteiger partial charge on any atom is -0.493 e. The molecule has 2 heterocycles. The fraction of sp³-hybridized carbons (Fsp3) is 0.333. The lowest BCUT2D eigenvalue weighted by molar-refractivity contribution is 0.256. The van der Waals surface area contributed by atoms with E-state index >= 15 is 0 Å². The number of hydrogen-bond donors (Lipinski definition) is 1. The summed E-state index contributed by atoms with van der Waals surface area (Å²) in [5.41, 5.74) is 7.50. The van der Waals surface area contributed by atoms with Crippen LogP contribution >= 0.6 is 15.9 Å². The Balaban J connectivity index is 1.77. The smallest absolute Gasteiger partial charge is 0.169 e. The van der Waals surface area contributed by atoms with Crippen LogP contribution in [0.5, 0.6) is 5.75 Å². The SMILES string of the molecule is NC(CC1CCOc2ccccc21)c1ccc(Br)o1. The lowest BCUT2D eigenvalue weighted by atomic mass is 9.87. The molecule has 1 aromatic carbocycles. The standard InChI is InChI=1S/C15H16BrNO2/c16-15-6-5-14(19-15)12(17)9-10-7-8-18-13-4-2-1-3-11(10)13/h1-6,10,12H,7-9,17H2. The molecule has 2 atom stereocenters. The van der Waals surface area contributed by atoms with Gasteiger partial charge in [0.05, 0.1) is 12.6 Å². The van der Waals surface area contributed by atoms with E-state index in [1.54, 1.807) is 0 Å². The van der Waals surface area contributed by atoms with Gasteiger partial charge in [-0.2, -0.15) is 0 Å². The zero-order valence-electron chi connectivity index (χ0n) is 10.5. The fourth-order valence-corrected chi connectivity index (χ4v) is 2.93. The van der Waals surface area contributed by atoms with Gasteiger partial charge in [0.25, 0.3) is 0 Å². The van der Waals surface area contributed by atoms with Crippen molar-refractivity contribution in [2.75, 3.05) is 6.61 Å². The Morgan fingerprint density at radius 3 is 2.89 bits per heavy atom. The van der Waals surface area contributed by atoms with Crippen molar-refractivity contribution in [3.8, 4) is 5.75 Å². The maximum Gasteiger partial charge on any atom is 0.169 e. The molecule has 0 saturated heterocycles. The summed E-state index contributed by atoms with van der Waals surface area (Å²) in [6.07, 6.45) is 1.88. The van der Waals surface area contributed by atoms with E-state index < -0.39 is 0 Å². The molecule has 2 N–H and O–H groups in total. The first-order valence-electron chi connectivity index (χ1n) is 6.46. The predicted octanol–water partition coefficient (Wildman–Crippen LogP) is 4.00. The first-order valence-corrected chi connectivity index (χ1v) is 7.26. The molecular weight excluding hydrogens is 306 g/mol. The van der Waals surface area contributed by atoms with Crippen molar-refractivity contribution in [1.29, 1.82) is 0 Å². The number of para-hydroxylation sites is 1. The van der Waals surface area contributed by atoms with Crippen molar-refractivity contribution in [2.24, 2.45) is 5.73 Å². The van der Waals surface area contributed by atoms with Crippen LogP contribution in [0.15, 0.2) is 45.5 Å². The second-order valence-corrected chi connectivity index (χ2v) is 5.64. The van der Waals surface area contributed by atoms with E-state index in [4.69, 9.17) is 14.9 Å². The van der Waals surface area contributed by atoms with E-state index in [2.05, 4.69) is 28.1 Å². The number of fused-ring (bicyclic) bond motifs is 1. The molecule has 0 fully saturated rings. The first kappa shape index (κ1) is 12.8. The summed E-state index contributed by atoms with van der Waals surface area (Å²) in [6.45, 7) is 0.760. The highest BCUT2D eigenvalue weighted by molar-refractivity contribution is 9.10. The number of nitrogens with two attached hydrogens (primary N) is 1. The number of hydrogen-bond acceptors (Lipinski definition) is 3. The largest absolute Gasteiger partial charge is 0.493 e. The van der Waals surface area contributed by atoms with Gasteiger partial charge in [-0.3, -0.25) is 0 Å². The van der Waals surface area contributed by atoms with Crippen LogP contribution in [0, 0.1) is 0 Å². The molecule has 1 aromatic heterocycles. The molecule has 0 saturated carbocycles. The Kier molecular flexibility index (Phi) is 3.62. The zero-order valence-corrected chi connectivity index (χ0v) is 12.1. The second kappa shape index (κ2) is 5.39. The highest BCUT2D eigenvalue weighted by atomic mass is 79.9. The van der Waals surface area contributed by atoms with Gasteiger partial charge in [-0.25, -0.2) is 0 Å². The van der Waals surface area contributed by atoms with Crippen LogP contribution in [0.4, 0.5) is 0 Å². The summed E-state index contributed by atoms with van der Waals surface area (Å²) in [6, 6.07) is 11.9. The molecular formula is C15H16BrNO2. The van der Waals surface area contributed by atoms with Gasteiger partial charge in [0, 0.05) is 0 Å². The van der Waals surface area contributed by atoms with E-state index in [1.165, 1.54) is 5.56 Å². The van der Waals surface area contributed by atoms with Crippen molar-refractivity contribution in [3.63, 3.8) is 0 Å². The predicted molar refractivity (Wildman–Crippen MR) is 77.2 cm³/mol. The normalized spacial score (nSPS) is 19.6. The number of furan rings is 1. The van der Waals surface area contributed by atoms with Crippen LogP contribution in [0.1, 0.15) is 36.1 Å². The van der Waals surface area contributed by atoms with Crippen LogP contribution in [0.25, 0.3) is 0 Å². The Morgan fingerprint density at radius 2 is 2.11 bits per heavy atom. The fourth-order valence-electron chi connectivity index (χ4n) is 2.61. The molecule has 0 bridgehead atoms. The molecule has 1 aliphatic rings. The van der Waals surface area contributed by atoms with Crippen LogP contribution in [-0.4, -0.2) is 6.61 Å². The van der Waals surface area contributed by atoms with Gasteiger partial charge >= 0.3 is 0 Å². The van der Waals surface area contributed by atoms with E-state index in [0.29, 0.717) is 5.92 Å². The van der Waals surface area contributed by atoms with E-state index in [0.717, 1.165) is 35.6 Å². The molecule has 3 rings (SSSR count). The monoisotopic (exact) mass is 321 g/mol. The maximum atomic E-state index is 6.24. The third kappa shape index (κ3) is 2.69. The third-order valence-electron chi connectivity index (χ3n) is 3.58. The Bertz CT molecular complexity index is 567. The number of halogens is 1. The van der Waals surface area contributed by atoms with Crippen molar-refractivity contribution in [3.05, 3.63) is 52.4 Å². The average molecular weight is 322 g/mol. The van der Waals surface area contributed by atoms with E-state index in [-0.39, 0.29) is 6.04 Å². The summed E-state index contributed by atoms with van der Waals surface area (Å²) in [4.78, 5) is 0. The molecule has 2 aromatic rings. The lowest BCUT2D eigenvalue weighted by Gasteiger charge is -2.27. The molecule has 4 heteroatoms. The summed E-state index contributed by atoms with van der Waals surface area (Å²) >= 11 is 3.31. The van der Waals surface area contributed by atoms with Gasteiger partial charge in [0.2, 0.25) is 0 Å². The highest BCUT2D eigenvalue weighted by Crippen LogP contribution is 2.38. The van der Waals surface area contributed by atoms with E-state index in [9.17, 15) is 0 Å². The van der Waals surface area contributed by atoms with Crippen LogP contribution in [0.2, 0.25) is 0 Å². The quantitative estimate of drug-likeness (QED) is 0.929. The van der Waals surface area contributed by atoms with Gasteiger partial charge in [0.15, 0.2) is 4.67 Å². The summed E-state index contributed by atoms with van der Waals surface area (Å²) < 4.78 is 11.9. The Hall–Kier alpha value is -1.26. The first-order chi connectivity index (χ1) is 9.24. The minimum atomic E-state index is -0.0811. The number of benzene rings is 1. The van der Waals surface area contributed by atoms with Gasteiger partial charge < -0.3 is 14.9 Å². The average Bonchev–Trinajstić information content (AvgIpc) is 2.86. The van der Waals surface area contributed by atoms with Crippen molar-refractivity contribution in [2.45, 2.75) is 24.8 Å². The summed E-state index contributed by atoms with van der Waals surface area (Å²) in [7, 11) is 0. The van der Waals surface area contributed by atoms with Gasteiger partial charge in [0.1, 0.15) is 11.5 Å². The minimum absolute atomic E-state index is 0.0811. The van der Waals surface area contributed by atoms with Crippen LogP contribution in [-0.2, 0) is 0 Å². The Morgan fingerprint density at radius 1 is 1.26 bits per heavy atom. The molecule has 0 amide bonds.